The third kappa shape index (κ3) is 4.47. The summed E-state index contributed by atoms with van der Waals surface area (Å²) in [5, 5.41) is 6.98. The van der Waals surface area contributed by atoms with Crippen molar-refractivity contribution in [2.24, 2.45) is 0 Å². The number of hydrogen-bond donors (Lipinski definition) is 2. The van der Waals surface area contributed by atoms with Gasteiger partial charge in [0.25, 0.3) is 0 Å². The summed E-state index contributed by atoms with van der Waals surface area (Å²) < 4.78 is 17.7. The fraction of sp³-hybridized carbons (Fsp3) is 0.630. The molecule has 0 unspecified atom stereocenters. The molecule has 1 aromatic carbocycles. The van der Waals surface area contributed by atoms with Crippen molar-refractivity contribution in [2.75, 3.05) is 44.2 Å². The Labute approximate surface area is 206 Å². The molecule has 4 fully saturated rings. The Morgan fingerprint density at radius 1 is 1.03 bits per heavy atom. The highest BCUT2D eigenvalue weighted by molar-refractivity contribution is 6.06. The van der Waals surface area contributed by atoms with Crippen LogP contribution in [0.3, 0.4) is 0 Å². The number of fused-ring (bicyclic) bond motifs is 1. The lowest BCUT2D eigenvalue weighted by atomic mass is 9.87. The Hall–Kier alpha value is -2.45. The van der Waals surface area contributed by atoms with E-state index in [4.69, 9.17) is 0 Å². The van der Waals surface area contributed by atoms with Gasteiger partial charge in [0, 0.05) is 42.8 Å². The molecule has 2 aromatic rings. The molecule has 8 heteroatoms. The van der Waals surface area contributed by atoms with E-state index in [2.05, 4.69) is 38.4 Å². The highest BCUT2D eigenvalue weighted by atomic mass is 19.1. The largest absolute Gasteiger partial charge is 0.344 e. The van der Waals surface area contributed by atoms with E-state index in [1.54, 1.807) is 4.90 Å². The topological polar surface area (TPSA) is 69.6 Å². The van der Waals surface area contributed by atoms with Crippen LogP contribution in [0.2, 0.25) is 0 Å². The molecule has 4 aliphatic rings. The van der Waals surface area contributed by atoms with Crippen LogP contribution in [-0.4, -0.2) is 66.3 Å². The molecule has 1 saturated carbocycles. The summed E-state index contributed by atoms with van der Waals surface area (Å²) in [6.07, 6.45) is 9.68. The molecule has 0 bridgehead atoms. The van der Waals surface area contributed by atoms with Gasteiger partial charge in [0.05, 0.1) is 5.52 Å². The van der Waals surface area contributed by atoms with Crippen LogP contribution >= 0.6 is 0 Å². The summed E-state index contributed by atoms with van der Waals surface area (Å²) in [6.45, 7) is 4.43. The fourth-order valence-electron chi connectivity index (χ4n) is 6.37. The number of benzene rings is 1. The van der Waals surface area contributed by atoms with Gasteiger partial charge in [-0.3, -0.25) is 15.0 Å². The number of imide groups is 1. The lowest BCUT2D eigenvalue weighted by Crippen LogP contribution is -2.49. The third-order valence-corrected chi connectivity index (χ3v) is 8.72. The number of halogens is 1. The van der Waals surface area contributed by atoms with Gasteiger partial charge in [-0.15, -0.1) is 0 Å². The standard InChI is InChI=1S/C27H36FN5O2/c28-27(9-11-29-12-10-27)18-31-13-6-19(7-14-31)23-17-33(20-2-1-3-20)24-16-21(4-5-22(23)24)32-15-8-25(34)30-26(32)35/h4-5,16-17,19-20,29H,1-3,6-15,18H2,(H,30,34,35). The number of likely N-dealkylation sites (tertiary alicyclic amines) is 1. The van der Waals surface area contributed by atoms with Crippen LogP contribution in [0.5, 0.6) is 0 Å². The summed E-state index contributed by atoms with van der Waals surface area (Å²) in [4.78, 5) is 28.0. The molecule has 3 amide bonds. The van der Waals surface area contributed by atoms with E-state index in [1.165, 1.54) is 35.7 Å². The Balaban J connectivity index is 1.22. The maximum Gasteiger partial charge on any atom is 0.328 e. The number of nitrogens with one attached hydrogen (secondary N) is 2. The molecular formula is C27H36FN5O2. The number of carbonyl (C=O) groups excluding carboxylic acids is 2. The van der Waals surface area contributed by atoms with Crippen molar-refractivity contribution in [3.8, 4) is 0 Å². The minimum atomic E-state index is -1.04. The van der Waals surface area contributed by atoms with Gasteiger partial charge in [-0.05, 0) is 94.7 Å². The number of hydrogen-bond acceptors (Lipinski definition) is 4. The van der Waals surface area contributed by atoms with Crippen LogP contribution in [-0.2, 0) is 4.79 Å². The van der Waals surface area contributed by atoms with E-state index in [0.29, 0.717) is 44.3 Å². The zero-order valence-corrected chi connectivity index (χ0v) is 20.4. The van der Waals surface area contributed by atoms with Crippen LogP contribution in [0.1, 0.15) is 68.9 Å². The molecule has 7 nitrogen and oxygen atoms in total. The van der Waals surface area contributed by atoms with Gasteiger partial charge in [0.2, 0.25) is 5.91 Å². The summed E-state index contributed by atoms with van der Waals surface area (Å²) in [7, 11) is 0. The van der Waals surface area contributed by atoms with E-state index in [-0.39, 0.29) is 11.9 Å². The second kappa shape index (κ2) is 9.21. The number of piperidine rings is 2. The maximum absolute atomic E-state index is 15.2. The molecule has 3 aliphatic heterocycles. The van der Waals surface area contributed by atoms with Gasteiger partial charge in [0.1, 0.15) is 5.67 Å². The summed E-state index contributed by atoms with van der Waals surface area (Å²) >= 11 is 0. The van der Waals surface area contributed by atoms with Crippen molar-refractivity contribution in [2.45, 2.75) is 69.0 Å². The summed E-state index contributed by atoms with van der Waals surface area (Å²) in [6, 6.07) is 6.49. The molecule has 1 aliphatic carbocycles. The number of aromatic nitrogens is 1. The number of carbonyl (C=O) groups is 2. The number of nitrogens with zero attached hydrogens (tertiary/aromatic N) is 3. The molecule has 2 N–H and O–H groups in total. The van der Waals surface area contributed by atoms with Gasteiger partial charge >= 0.3 is 6.03 Å². The average Bonchev–Trinajstić information content (AvgIpc) is 3.17. The van der Waals surface area contributed by atoms with E-state index < -0.39 is 5.67 Å². The first-order chi connectivity index (χ1) is 17.0. The predicted molar refractivity (Wildman–Crippen MR) is 135 cm³/mol. The van der Waals surface area contributed by atoms with Crippen LogP contribution < -0.4 is 15.5 Å². The van der Waals surface area contributed by atoms with Crippen molar-refractivity contribution in [1.29, 1.82) is 0 Å². The van der Waals surface area contributed by atoms with E-state index >= 15 is 4.39 Å². The molecular weight excluding hydrogens is 445 g/mol. The molecule has 1 aromatic heterocycles. The smallest absolute Gasteiger partial charge is 0.328 e. The van der Waals surface area contributed by atoms with Gasteiger partial charge in [-0.25, -0.2) is 9.18 Å². The van der Waals surface area contributed by atoms with Gasteiger partial charge in [0.15, 0.2) is 0 Å². The molecule has 0 radical (unpaired) electrons. The third-order valence-electron chi connectivity index (χ3n) is 8.72. The van der Waals surface area contributed by atoms with Crippen molar-refractivity contribution in [3.05, 3.63) is 30.0 Å². The van der Waals surface area contributed by atoms with Crippen molar-refractivity contribution in [3.63, 3.8) is 0 Å². The molecule has 0 spiro atoms. The summed E-state index contributed by atoms with van der Waals surface area (Å²) in [5.74, 6) is 0.262. The van der Waals surface area contributed by atoms with Crippen molar-refractivity contribution >= 4 is 28.5 Å². The van der Waals surface area contributed by atoms with Gasteiger partial charge in [-0.1, -0.05) is 6.07 Å². The predicted octanol–water partition coefficient (Wildman–Crippen LogP) is 4.08. The van der Waals surface area contributed by atoms with Gasteiger partial charge < -0.3 is 14.8 Å². The van der Waals surface area contributed by atoms with Crippen LogP contribution in [0.15, 0.2) is 24.4 Å². The maximum atomic E-state index is 15.2. The highest BCUT2D eigenvalue weighted by Gasteiger charge is 2.35. The Morgan fingerprint density at radius 2 is 1.80 bits per heavy atom. The monoisotopic (exact) mass is 481 g/mol. The van der Waals surface area contributed by atoms with Gasteiger partial charge in [-0.2, -0.15) is 0 Å². The van der Waals surface area contributed by atoms with Crippen LogP contribution in [0.4, 0.5) is 14.9 Å². The number of alkyl halides is 1. The normalized spacial score (nSPS) is 24.5. The Morgan fingerprint density at radius 3 is 2.49 bits per heavy atom. The number of rotatable bonds is 5. The number of urea groups is 1. The molecule has 4 heterocycles. The van der Waals surface area contributed by atoms with Crippen molar-refractivity contribution < 1.29 is 14.0 Å². The second-order valence-corrected chi connectivity index (χ2v) is 11.0. The molecule has 188 valence electrons. The lowest BCUT2D eigenvalue weighted by Gasteiger charge is -2.38. The minimum absolute atomic E-state index is 0.211. The number of amides is 3. The SMILES string of the molecule is O=C1CCN(c2ccc3c(C4CCN(CC5(F)CCNCC5)CC4)cn(C4CCC4)c3c2)C(=O)N1. The fourth-order valence-corrected chi connectivity index (χ4v) is 6.37. The van der Waals surface area contributed by atoms with E-state index in [9.17, 15) is 9.59 Å². The first-order valence-electron chi connectivity index (χ1n) is 13.4. The quantitative estimate of drug-likeness (QED) is 0.675. The Kier molecular flexibility index (Phi) is 6.05. The van der Waals surface area contributed by atoms with E-state index in [0.717, 1.165) is 44.7 Å². The molecule has 6 rings (SSSR count). The molecule has 0 atom stereocenters. The average molecular weight is 482 g/mol. The second-order valence-electron chi connectivity index (χ2n) is 11.0. The van der Waals surface area contributed by atoms with E-state index in [1.807, 2.05) is 6.07 Å². The first kappa shape index (κ1) is 23.0. The van der Waals surface area contributed by atoms with Crippen LogP contribution in [0.25, 0.3) is 10.9 Å². The van der Waals surface area contributed by atoms with Crippen LogP contribution in [0, 0.1) is 0 Å². The molecule has 35 heavy (non-hydrogen) atoms. The summed E-state index contributed by atoms with van der Waals surface area (Å²) in [5.41, 5.74) is 2.39. The lowest BCUT2D eigenvalue weighted by molar-refractivity contribution is -0.120. The molecule has 3 saturated heterocycles. The Bertz CT molecular complexity index is 1110. The zero-order chi connectivity index (χ0) is 24.0. The highest BCUT2D eigenvalue weighted by Crippen LogP contribution is 2.41. The first-order valence-corrected chi connectivity index (χ1v) is 13.4. The van der Waals surface area contributed by atoms with Crippen molar-refractivity contribution in [1.82, 2.24) is 20.1 Å². The minimum Gasteiger partial charge on any atom is -0.344 e. The zero-order valence-electron chi connectivity index (χ0n) is 20.4. The number of anilines is 1.